The van der Waals surface area contributed by atoms with E-state index >= 15 is 0 Å². The summed E-state index contributed by atoms with van der Waals surface area (Å²) in [6.07, 6.45) is 7.88. The summed E-state index contributed by atoms with van der Waals surface area (Å²) in [4.78, 5) is 24.5. The van der Waals surface area contributed by atoms with E-state index in [0.717, 1.165) is 18.3 Å². The van der Waals surface area contributed by atoms with Crippen molar-refractivity contribution < 1.29 is 19.1 Å². The van der Waals surface area contributed by atoms with Crippen molar-refractivity contribution in [3.8, 4) is 0 Å². The lowest BCUT2D eigenvalue weighted by Gasteiger charge is -2.36. The van der Waals surface area contributed by atoms with Gasteiger partial charge in [-0.05, 0) is 68.6 Å². The molecule has 4 aliphatic carbocycles. The van der Waals surface area contributed by atoms with Crippen LogP contribution in [0.1, 0.15) is 33.1 Å². The fraction of sp³-hybridized carbons (Fsp3) is 0.789. The van der Waals surface area contributed by atoms with Gasteiger partial charge in [0.05, 0.1) is 5.92 Å². The molecule has 5 rings (SSSR count). The van der Waals surface area contributed by atoms with Crippen molar-refractivity contribution in [2.45, 2.75) is 39.2 Å². The van der Waals surface area contributed by atoms with Gasteiger partial charge in [-0.3, -0.25) is 9.59 Å². The lowest BCUT2D eigenvalue weighted by molar-refractivity contribution is -0.161. The first kappa shape index (κ1) is 14.1. The summed E-state index contributed by atoms with van der Waals surface area (Å²) in [5.74, 6) is 3.90. The smallest absolute Gasteiger partial charge is 0.315 e. The molecule has 1 aliphatic heterocycles. The Morgan fingerprint density at radius 2 is 1.91 bits per heavy atom. The number of ether oxygens (including phenoxy) is 2. The fourth-order valence-corrected chi connectivity index (χ4v) is 6.37. The number of rotatable bonds is 2. The maximum Gasteiger partial charge on any atom is 0.315 e. The fourth-order valence-electron chi connectivity index (χ4n) is 6.37. The van der Waals surface area contributed by atoms with Crippen LogP contribution in [0.2, 0.25) is 0 Å². The number of carbonyl (C=O) groups is 2. The zero-order valence-corrected chi connectivity index (χ0v) is 13.7. The molecule has 0 spiro atoms. The molecular weight excluding hydrogens is 292 g/mol. The van der Waals surface area contributed by atoms with Crippen LogP contribution >= 0.6 is 0 Å². The quantitative estimate of drug-likeness (QED) is 0.446. The second-order valence-electron chi connectivity index (χ2n) is 8.85. The number of cyclic esters (lactones) is 1. The number of carbonyl (C=O) groups excluding carboxylic acids is 2. The summed E-state index contributed by atoms with van der Waals surface area (Å²) in [5, 5.41) is 0. The van der Waals surface area contributed by atoms with Gasteiger partial charge in [0.25, 0.3) is 0 Å². The predicted molar refractivity (Wildman–Crippen MR) is 82.0 cm³/mol. The Balaban J connectivity index is 1.32. The molecule has 0 N–H and O–H groups in total. The van der Waals surface area contributed by atoms with Crippen LogP contribution < -0.4 is 0 Å². The van der Waals surface area contributed by atoms with Gasteiger partial charge in [0, 0.05) is 0 Å². The lowest BCUT2D eigenvalue weighted by atomic mass is 9.69. The Kier molecular flexibility index (Phi) is 2.69. The number of fused-ring (bicyclic) bond motifs is 9. The van der Waals surface area contributed by atoms with Crippen molar-refractivity contribution in [1.29, 1.82) is 0 Å². The molecule has 23 heavy (non-hydrogen) atoms. The van der Waals surface area contributed by atoms with Gasteiger partial charge in [-0.2, -0.15) is 0 Å². The first-order valence-corrected chi connectivity index (χ1v) is 9.03. The van der Waals surface area contributed by atoms with E-state index in [2.05, 4.69) is 12.2 Å². The van der Waals surface area contributed by atoms with Crippen LogP contribution in [0.15, 0.2) is 12.2 Å². The summed E-state index contributed by atoms with van der Waals surface area (Å²) >= 11 is 0. The third kappa shape index (κ3) is 1.72. The maximum atomic E-state index is 12.8. The number of allylic oxidation sites excluding steroid dienone is 2. The molecule has 0 radical (unpaired) electrons. The highest BCUT2D eigenvalue weighted by Gasteiger charge is 2.63. The lowest BCUT2D eigenvalue weighted by Crippen LogP contribution is -2.40. The highest BCUT2D eigenvalue weighted by atomic mass is 16.6. The molecule has 8 unspecified atom stereocenters. The summed E-state index contributed by atoms with van der Waals surface area (Å²) in [7, 11) is 0. The van der Waals surface area contributed by atoms with Gasteiger partial charge in [-0.15, -0.1) is 0 Å². The van der Waals surface area contributed by atoms with Gasteiger partial charge < -0.3 is 9.47 Å². The van der Waals surface area contributed by atoms with E-state index < -0.39 is 11.5 Å². The predicted octanol–water partition coefficient (Wildman–Crippen LogP) is 2.58. The molecule has 4 heteroatoms. The summed E-state index contributed by atoms with van der Waals surface area (Å²) < 4.78 is 10.8. The van der Waals surface area contributed by atoms with Crippen LogP contribution in [-0.4, -0.2) is 24.6 Å². The van der Waals surface area contributed by atoms with E-state index in [9.17, 15) is 9.59 Å². The van der Waals surface area contributed by atoms with Gasteiger partial charge in [0.15, 0.2) is 6.10 Å². The summed E-state index contributed by atoms with van der Waals surface area (Å²) in [5.41, 5.74) is -0.717. The van der Waals surface area contributed by atoms with Crippen molar-refractivity contribution >= 4 is 11.9 Å². The normalized spacial score (nSPS) is 51.1. The molecule has 4 nitrogen and oxygen atoms in total. The van der Waals surface area contributed by atoms with Crippen LogP contribution in [0, 0.1) is 46.8 Å². The van der Waals surface area contributed by atoms with Crippen LogP contribution in [0.4, 0.5) is 0 Å². The number of esters is 2. The minimum Gasteiger partial charge on any atom is -0.461 e. The molecule has 8 atom stereocenters. The van der Waals surface area contributed by atoms with E-state index in [1.165, 1.54) is 12.8 Å². The number of hydrogen-bond donors (Lipinski definition) is 0. The third-order valence-electron chi connectivity index (χ3n) is 7.53. The minimum atomic E-state index is -0.717. The van der Waals surface area contributed by atoms with Crippen molar-refractivity contribution in [2.75, 3.05) is 6.61 Å². The molecule has 3 saturated carbocycles. The van der Waals surface area contributed by atoms with Gasteiger partial charge >= 0.3 is 11.9 Å². The van der Waals surface area contributed by atoms with E-state index in [1.807, 2.05) is 0 Å². The molecule has 4 fully saturated rings. The monoisotopic (exact) mass is 316 g/mol. The summed E-state index contributed by atoms with van der Waals surface area (Å²) in [6, 6.07) is 0. The molecule has 1 saturated heterocycles. The van der Waals surface area contributed by atoms with Crippen LogP contribution in [0.25, 0.3) is 0 Å². The van der Waals surface area contributed by atoms with Crippen molar-refractivity contribution in [2.24, 2.45) is 46.8 Å². The van der Waals surface area contributed by atoms with Crippen LogP contribution in [0.5, 0.6) is 0 Å². The number of hydrogen-bond acceptors (Lipinski definition) is 4. The van der Waals surface area contributed by atoms with E-state index in [-0.39, 0.29) is 24.5 Å². The van der Waals surface area contributed by atoms with Gasteiger partial charge in [-0.1, -0.05) is 12.2 Å². The Labute approximate surface area is 136 Å². The molecular formula is C19H24O4. The van der Waals surface area contributed by atoms with Crippen molar-refractivity contribution in [3.63, 3.8) is 0 Å². The van der Waals surface area contributed by atoms with E-state index in [1.54, 1.807) is 13.8 Å². The zero-order valence-electron chi connectivity index (χ0n) is 13.7. The molecule has 0 aromatic carbocycles. The first-order chi connectivity index (χ1) is 11.0. The Bertz CT molecular complexity index is 606. The average Bonchev–Trinajstić information content (AvgIpc) is 3.29. The second-order valence-corrected chi connectivity index (χ2v) is 8.85. The topological polar surface area (TPSA) is 52.6 Å². The zero-order chi connectivity index (χ0) is 15.9. The molecule has 1 heterocycles. The van der Waals surface area contributed by atoms with Crippen LogP contribution in [0.3, 0.4) is 0 Å². The highest BCUT2D eigenvalue weighted by Crippen LogP contribution is 2.67. The molecule has 4 bridgehead atoms. The Morgan fingerprint density at radius 1 is 1.17 bits per heavy atom. The molecule has 0 amide bonds. The first-order valence-electron chi connectivity index (χ1n) is 9.03. The molecule has 124 valence electrons. The van der Waals surface area contributed by atoms with Crippen LogP contribution in [-0.2, 0) is 19.1 Å². The Morgan fingerprint density at radius 3 is 2.61 bits per heavy atom. The molecule has 0 aromatic rings. The minimum absolute atomic E-state index is 0.0421. The Hall–Kier alpha value is -1.32. The van der Waals surface area contributed by atoms with Gasteiger partial charge in [0.1, 0.15) is 12.0 Å². The largest absolute Gasteiger partial charge is 0.461 e. The van der Waals surface area contributed by atoms with Crippen molar-refractivity contribution in [1.82, 2.24) is 0 Å². The standard InChI is InChI=1S/C19H24O4/c1-19(2)14(8-22-18(19)21)23-17(20)13-7-11-6-12(13)16-10-4-3-9(5-10)15(11)16/h3-4,9-16H,5-8H2,1-2H3. The molecule has 5 aliphatic rings. The van der Waals surface area contributed by atoms with Crippen molar-refractivity contribution in [3.05, 3.63) is 12.2 Å². The second kappa shape index (κ2) is 4.40. The SMILES string of the molecule is CC1(C)C(=O)OCC1OC(=O)C1CC2CC1C1C3C=CC(C3)C21. The van der Waals surface area contributed by atoms with E-state index in [4.69, 9.17) is 9.47 Å². The summed E-state index contributed by atoms with van der Waals surface area (Å²) in [6.45, 7) is 3.81. The van der Waals surface area contributed by atoms with Gasteiger partial charge in [-0.25, -0.2) is 0 Å². The molecule has 0 aromatic heterocycles. The van der Waals surface area contributed by atoms with E-state index in [0.29, 0.717) is 23.7 Å². The average molecular weight is 316 g/mol. The highest BCUT2D eigenvalue weighted by molar-refractivity contribution is 5.80. The van der Waals surface area contributed by atoms with Gasteiger partial charge in [0.2, 0.25) is 0 Å². The third-order valence-corrected chi connectivity index (χ3v) is 7.53. The maximum absolute atomic E-state index is 12.8.